The summed E-state index contributed by atoms with van der Waals surface area (Å²) < 4.78 is 26.2. The molecule has 0 bridgehead atoms. The highest BCUT2D eigenvalue weighted by molar-refractivity contribution is 7.80. The van der Waals surface area contributed by atoms with Gasteiger partial charge >= 0.3 is 0 Å². The molecule has 0 aromatic heterocycles. The zero-order chi connectivity index (χ0) is 14.7. The van der Waals surface area contributed by atoms with Crippen LogP contribution in [-0.4, -0.2) is 4.99 Å². The Kier molecular flexibility index (Phi) is 4.52. The predicted molar refractivity (Wildman–Crippen MR) is 81.0 cm³/mol. The first-order valence-corrected chi connectivity index (χ1v) is 6.53. The highest BCUT2D eigenvalue weighted by atomic mass is 35.5. The number of thiocarbonyl (C=S) groups is 1. The number of halogens is 3. The average molecular weight is 313 g/mol. The highest BCUT2D eigenvalue weighted by Gasteiger charge is 2.07. The summed E-state index contributed by atoms with van der Waals surface area (Å²) >= 11 is 10.6. The summed E-state index contributed by atoms with van der Waals surface area (Å²) in [6.07, 6.45) is 0. The van der Waals surface area contributed by atoms with Crippen LogP contribution in [0.1, 0.15) is 11.1 Å². The number of hydrogen-bond acceptors (Lipinski definition) is 2. The van der Waals surface area contributed by atoms with E-state index < -0.39 is 11.6 Å². The Morgan fingerprint density at radius 3 is 2.60 bits per heavy atom. The minimum atomic E-state index is -0.471. The molecule has 6 heteroatoms. The van der Waals surface area contributed by atoms with Crippen LogP contribution < -0.4 is 11.1 Å². The molecule has 0 radical (unpaired) electrons. The van der Waals surface area contributed by atoms with Crippen LogP contribution in [-0.2, 0) is 6.54 Å². The number of benzene rings is 2. The predicted octanol–water partition coefficient (Wildman–Crippen LogP) is 3.86. The summed E-state index contributed by atoms with van der Waals surface area (Å²) in [6, 6.07) is 8.55. The quantitative estimate of drug-likeness (QED) is 0.842. The van der Waals surface area contributed by atoms with Crippen molar-refractivity contribution in [3.63, 3.8) is 0 Å². The van der Waals surface area contributed by atoms with Gasteiger partial charge in [0.25, 0.3) is 0 Å². The van der Waals surface area contributed by atoms with Gasteiger partial charge in [-0.05, 0) is 35.9 Å². The van der Waals surface area contributed by atoms with E-state index in [1.165, 1.54) is 24.3 Å². The number of anilines is 1. The van der Waals surface area contributed by atoms with E-state index in [2.05, 4.69) is 5.32 Å². The van der Waals surface area contributed by atoms with Crippen molar-refractivity contribution in [1.82, 2.24) is 0 Å². The molecule has 2 rings (SSSR count). The Bertz CT molecular complexity index is 662. The molecule has 2 aromatic rings. The minimum Gasteiger partial charge on any atom is -0.389 e. The van der Waals surface area contributed by atoms with Gasteiger partial charge in [0.15, 0.2) is 0 Å². The fourth-order valence-electron chi connectivity index (χ4n) is 1.72. The number of nitrogens with one attached hydrogen (secondary N) is 1. The number of nitrogens with two attached hydrogens (primary N) is 1. The SMILES string of the molecule is NC(=S)c1cc(F)ccc1NCc1ccc(F)c(Cl)c1. The lowest BCUT2D eigenvalue weighted by Crippen LogP contribution is -2.13. The largest absolute Gasteiger partial charge is 0.389 e. The number of rotatable bonds is 4. The topological polar surface area (TPSA) is 38.0 Å². The van der Waals surface area contributed by atoms with Crippen molar-refractivity contribution in [3.05, 3.63) is 64.2 Å². The Morgan fingerprint density at radius 1 is 1.20 bits per heavy atom. The van der Waals surface area contributed by atoms with E-state index in [9.17, 15) is 8.78 Å². The first-order valence-electron chi connectivity index (χ1n) is 5.74. The molecule has 0 unspecified atom stereocenters. The summed E-state index contributed by atoms with van der Waals surface area (Å²) in [5.41, 5.74) is 7.37. The maximum Gasteiger partial charge on any atom is 0.141 e. The van der Waals surface area contributed by atoms with Crippen molar-refractivity contribution < 1.29 is 8.78 Å². The van der Waals surface area contributed by atoms with Gasteiger partial charge in [0.1, 0.15) is 16.6 Å². The van der Waals surface area contributed by atoms with E-state index in [4.69, 9.17) is 29.6 Å². The second kappa shape index (κ2) is 6.15. The normalized spacial score (nSPS) is 10.3. The summed E-state index contributed by atoms with van der Waals surface area (Å²) in [5.74, 6) is -0.885. The van der Waals surface area contributed by atoms with Crippen LogP contribution >= 0.6 is 23.8 Å². The molecule has 0 heterocycles. The fraction of sp³-hybridized carbons (Fsp3) is 0.0714. The van der Waals surface area contributed by atoms with Gasteiger partial charge in [0, 0.05) is 17.8 Å². The van der Waals surface area contributed by atoms with Crippen molar-refractivity contribution >= 4 is 34.5 Å². The fourth-order valence-corrected chi connectivity index (χ4v) is 2.09. The molecule has 0 atom stereocenters. The van der Waals surface area contributed by atoms with Gasteiger partial charge in [-0.25, -0.2) is 8.78 Å². The van der Waals surface area contributed by atoms with Crippen LogP contribution in [0.2, 0.25) is 5.02 Å². The lowest BCUT2D eigenvalue weighted by atomic mass is 10.1. The number of hydrogen-bond donors (Lipinski definition) is 2. The molecule has 0 saturated heterocycles. The van der Waals surface area contributed by atoms with Crippen molar-refractivity contribution in [2.24, 2.45) is 5.73 Å². The zero-order valence-electron chi connectivity index (χ0n) is 10.3. The molecule has 0 aliphatic heterocycles. The van der Waals surface area contributed by atoms with Crippen molar-refractivity contribution in [2.45, 2.75) is 6.54 Å². The van der Waals surface area contributed by atoms with Gasteiger partial charge in [-0.1, -0.05) is 29.9 Å². The first-order chi connectivity index (χ1) is 9.47. The molecular formula is C14H11ClF2N2S. The molecule has 2 nitrogen and oxygen atoms in total. The summed E-state index contributed by atoms with van der Waals surface area (Å²) in [7, 11) is 0. The van der Waals surface area contributed by atoms with Crippen LogP contribution in [0.3, 0.4) is 0 Å². The van der Waals surface area contributed by atoms with Crippen LogP contribution in [0, 0.1) is 11.6 Å². The van der Waals surface area contributed by atoms with E-state index in [0.29, 0.717) is 17.8 Å². The van der Waals surface area contributed by atoms with Crippen molar-refractivity contribution in [2.75, 3.05) is 5.32 Å². The van der Waals surface area contributed by atoms with E-state index in [1.54, 1.807) is 12.1 Å². The molecule has 104 valence electrons. The first kappa shape index (κ1) is 14.7. The Labute approximate surface area is 125 Å². The van der Waals surface area contributed by atoms with Crippen LogP contribution in [0.4, 0.5) is 14.5 Å². The van der Waals surface area contributed by atoms with Gasteiger partial charge in [-0.2, -0.15) is 0 Å². The van der Waals surface area contributed by atoms with Gasteiger partial charge < -0.3 is 11.1 Å². The summed E-state index contributed by atoms with van der Waals surface area (Å²) in [4.78, 5) is 0.101. The minimum absolute atomic E-state index is 0.0537. The van der Waals surface area contributed by atoms with E-state index in [-0.39, 0.29) is 10.0 Å². The maximum absolute atomic E-state index is 13.2. The lowest BCUT2D eigenvalue weighted by Gasteiger charge is -2.11. The second-order valence-corrected chi connectivity index (χ2v) is 5.00. The van der Waals surface area contributed by atoms with Crippen molar-refractivity contribution in [1.29, 1.82) is 0 Å². The molecule has 0 aliphatic rings. The van der Waals surface area contributed by atoms with Crippen LogP contribution in [0.15, 0.2) is 36.4 Å². The Morgan fingerprint density at radius 2 is 1.95 bits per heavy atom. The maximum atomic E-state index is 13.2. The third-order valence-corrected chi connectivity index (χ3v) is 3.22. The molecule has 0 fully saturated rings. The molecule has 3 N–H and O–H groups in total. The third-order valence-electron chi connectivity index (χ3n) is 2.71. The molecule has 0 spiro atoms. The Hall–Kier alpha value is -1.72. The molecule has 0 aliphatic carbocycles. The molecule has 0 amide bonds. The highest BCUT2D eigenvalue weighted by Crippen LogP contribution is 2.20. The van der Waals surface area contributed by atoms with Crippen LogP contribution in [0.25, 0.3) is 0 Å². The van der Waals surface area contributed by atoms with Crippen molar-refractivity contribution in [3.8, 4) is 0 Å². The monoisotopic (exact) mass is 312 g/mol. The Balaban J connectivity index is 2.18. The van der Waals surface area contributed by atoms with E-state index >= 15 is 0 Å². The lowest BCUT2D eigenvalue weighted by molar-refractivity contribution is 0.627. The molecular weight excluding hydrogens is 302 g/mol. The van der Waals surface area contributed by atoms with E-state index in [1.807, 2.05) is 0 Å². The smallest absolute Gasteiger partial charge is 0.141 e. The molecule has 0 saturated carbocycles. The summed E-state index contributed by atoms with van der Waals surface area (Å²) in [6.45, 7) is 0.390. The second-order valence-electron chi connectivity index (χ2n) is 4.16. The van der Waals surface area contributed by atoms with E-state index in [0.717, 1.165) is 5.56 Å². The standard InChI is InChI=1S/C14H11ClF2N2S/c15-11-5-8(1-3-12(11)17)7-19-13-4-2-9(16)6-10(13)14(18)20/h1-6,19H,7H2,(H2,18,20). The molecule has 2 aromatic carbocycles. The average Bonchev–Trinajstić information content (AvgIpc) is 2.41. The van der Waals surface area contributed by atoms with Gasteiger partial charge in [-0.15, -0.1) is 0 Å². The molecule has 20 heavy (non-hydrogen) atoms. The zero-order valence-corrected chi connectivity index (χ0v) is 11.9. The third kappa shape index (κ3) is 3.43. The van der Waals surface area contributed by atoms with Crippen LogP contribution in [0.5, 0.6) is 0 Å². The van der Waals surface area contributed by atoms with Gasteiger partial charge in [0.05, 0.1) is 5.02 Å². The van der Waals surface area contributed by atoms with Gasteiger partial charge in [-0.3, -0.25) is 0 Å². The summed E-state index contributed by atoms with van der Waals surface area (Å²) in [5, 5.41) is 3.12. The van der Waals surface area contributed by atoms with Gasteiger partial charge in [0.2, 0.25) is 0 Å².